The molecule has 4 rings (SSSR count). The van der Waals surface area contributed by atoms with Gasteiger partial charge in [0.15, 0.2) is 5.82 Å². The summed E-state index contributed by atoms with van der Waals surface area (Å²) < 4.78 is 69.4. The van der Waals surface area contributed by atoms with Crippen molar-refractivity contribution in [1.29, 1.82) is 0 Å². The SMILES string of the molecule is O=C(Nc1cnccn1)[C@H]1C[C@H]2OCC[C@H]2N(Cc2ccccn2)C1.O=C(O)C(F)(F)F.O=C(O)C(F)(F)F. The molecule has 0 aromatic carbocycles. The van der Waals surface area contributed by atoms with Gasteiger partial charge in [-0.2, -0.15) is 26.3 Å². The first-order chi connectivity index (χ1) is 18.2. The summed E-state index contributed by atoms with van der Waals surface area (Å²) in [6.45, 7) is 2.19. The number of carboxylic acids is 2. The van der Waals surface area contributed by atoms with E-state index in [4.69, 9.17) is 24.5 Å². The maximum atomic E-state index is 12.7. The highest BCUT2D eigenvalue weighted by molar-refractivity contribution is 5.91. The Kier molecular flexibility index (Phi) is 11.1. The fourth-order valence-electron chi connectivity index (χ4n) is 3.72. The smallest absolute Gasteiger partial charge is 0.475 e. The van der Waals surface area contributed by atoms with Crippen LogP contribution in [-0.4, -0.2) is 85.6 Å². The highest BCUT2D eigenvalue weighted by Gasteiger charge is 2.42. The standard InChI is InChI=1S/C18H21N5O2.2C2HF3O2/c24-18(22-17-10-19-6-7-21-17)13-9-16-15(4-8-25-16)23(11-13)12-14-3-1-2-5-20-14;2*3-2(4,5)1(6)7/h1-3,5-7,10,13,15-16H,4,8-9,11-12H2,(H,21,22,24);2*(H,6,7)/t13-,15+,16+;;/m0../s1. The lowest BCUT2D eigenvalue weighted by Crippen LogP contribution is -2.51. The maximum Gasteiger partial charge on any atom is 0.490 e. The number of pyridine rings is 1. The van der Waals surface area contributed by atoms with E-state index in [2.05, 4.69) is 25.2 Å². The summed E-state index contributed by atoms with van der Waals surface area (Å²) in [5, 5.41) is 17.1. The molecule has 3 atom stereocenters. The van der Waals surface area contributed by atoms with Crippen LogP contribution in [0.4, 0.5) is 32.2 Å². The van der Waals surface area contributed by atoms with Crippen LogP contribution in [-0.2, 0) is 25.7 Å². The monoisotopic (exact) mass is 567 g/mol. The minimum absolute atomic E-state index is 0.0273. The van der Waals surface area contributed by atoms with Crippen LogP contribution in [0.1, 0.15) is 18.5 Å². The topological polar surface area (TPSA) is 155 Å². The Hall–Kier alpha value is -3.86. The molecule has 0 bridgehead atoms. The van der Waals surface area contributed by atoms with Crippen molar-refractivity contribution >= 4 is 23.7 Å². The lowest BCUT2D eigenvalue weighted by molar-refractivity contribution is -0.193. The predicted octanol–water partition coefficient (Wildman–Crippen LogP) is 2.76. The zero-order chi connectivity index (χ0) is 29.2. The molecular formula is C22H23F6N5O6. The van der Waals surface area contributed by atoms with Crippen molar-refractivity contribution in [3.8, 4) is 0 Å². The van der Waals surface area contributed by atoms with Gasteiger partial charge in [0.05, 0.1) is 23.9 Å². The first-order valence-corrected chi connectivity index (χ1v) is 11.1. The predicted molar refractivity (Wildman–Crippen MR) is 119 cm³/mol. The number of anilines is 1. The molecule has 0 saturated carbocycles. The number of ether oxygens (including phenoxy) is 1. The van der Waals surface area contributed by atoms with Gasteiger partial charge in [0.25, 0.3) is 0 Å². The molecule has 2 aromatic rings. The van der Waals surface area contributed by atoms with Crippen LogP contribution in [0.15, 0.2) is 43.0 Å². The molecule has 2 aliphatic heterocycles. The molecule has 39 heavy (non-hydrogen) atoms. The van der Waals surface area contributed by atoms with Crippen molar-refractivity contribution in [2.24, 2.45) is 5.92 Å². The van der Waals surface area contributed by atoms with E-state index in [1.54, 1.807) is 24.8 Å². The largest absolute Gasteiger partial charge is 0.490 e. The van der Waals surface area contributed by atoms with Crippen molar-refractivity contribution in [3.05, 3.63) is 48.7 Å². The number of nitrogens with zero attached hydrogens (tertiary/aromatic N) is 4. The number of nitrogens with one attached hydrogen (secondary N) is 1. The van der Waals surface area contributed by atoms with Crippen LogP contribution in [0.25, 0.3) is 0 Å². The number of carboxylic acid groups (broad SMARTS) is 2. The van der Waals surface area contributed by atoms with Gasteiger partial charge < -0.3 is 20.3 Å². The van der Waals surface area contributed by atoms with E-state index in [9.17, 15) is 31.1 Å². The minimum Gasteiger partial charge on any atom is -0.475 e. The van der Waals surface area contributed by atoms with Gasteiger partial charge in [-0.25, -0.2) is 14.6 Å². The Labute approximate surface area is 216 Å². The van der Waals surface area contributed by atoms with Gasteiger partial charge in [-0.15, -0.1) is 0 Å². The number of aromatic nitrogens is 3. The normalized spacial score (nSPS) is 20.8. The van der Waals surface area contributed by atoms with Gasteiger partial charge in [0.2, 0.25) is 5.91 Å². The Morgan fingerprint density at radius 1 is 1.00 bits per heavy atom. The maximum absolute atomic E-state index is 12.7. The number of aliphatic carboxylic acids is 2. The molecule has 2 saturated heterocycles. The molecule has 11 nitrogen and oxygen atoms in total. The Morgan fingerprint density at radius 3 is 2.15 bits per heavy atom. The zero-order valence-corrected chi connectivity index (χ0v) is 19.9. The number of likely N-dealkylation sites (tertiary alicyclic amines) is 1. The second-order valence-electron chi connectivity index (χ2n) is 8.13. The number of hydrogen-bond donors (Lipinski definition) is 3. The van der Waals surface area contributed by atoms with Crippen LogP contribution in [0, 0.1) is 5.92 Å². The van der Waals surface area contributed by atoms with E-state index in [1.807, 2.05) is 18.2 Å². The second kappa shape index (κ2) is 13.8. The quantitative estimate of drug-likeness (QED) is 0.470. The van der Waals surface area contributed by atoms with Gasteiger partial charge in [-0.1, -0.05) is 6.07 Å². The third-order valence-electron chi connectivity index (χ3n) is 5.38. The third-order valence-corrected chi connectivity index (χ3v) is 5.38. The molecule has 1 amide bonds. The number of rotatable bonds is 4. The molecule has 3 N–H and O–H groups in total. The summed E-state index contributed by atoms with van der Waals surface area (Å²) in [7, 11) is 0. The molecule has 214 valence electrons. The number of fused-ring (bicyclic) bond motifs is 1. The Balaban J connectivity index is 0.000000317. The summed E-state index contributed by atoms with van der Waals surface area (Å²) in [6.07, 6.45) is -1.79. The number of amides is 1. The van der Waals surface area contributed by atoms with E-state index < -0.39 is 24.3 Å². The highest BCUT2D eigenvalue weighted by Crippen LogP contribution is 2.32. The van der Waals surface area contributed by atoms with Gasteiger partial charge >= 0.3 is 24.3 Å². The first kappa shape index (κ1) is 31.4. The van der Waals surface area contributed by atoms with Gasteiger partial charge in [-0.05, 0) is 25.0 Å². The zero-order valence-electron chi connectivity index (χ0n) is 19.9. The summed E-state index contributed by atoms with van der Waals surface area (Å²) in [6, 6.07) is 6.29. The molecule has 17 heteroatoms. The van der Waals surface area contributed by atoms with Crippen molar-refractivity contribution in [2.45, 2.75) is 43.9 Å². The average molecular weight is 567 g/mol. The van der Waals surface area contributed by atoms with E-state index in [0.717, 1.165) is 31.7 Å². The number of halogens is 6. The second-order valence-corrected chi connectivity index (χ2v) is 8.13. The molecule has 2 fully saturated rings. The van der Waals surface area contributed by atoms with Crippen LogP contribution >= 0.6 is 0 Å². The number of hydrogen-bond acceptors (Lipinski definition) is 8. The number of carbonyl (C=O) groups excluding carboxylic acids is 1. The van der Waals surface area contributed by atoms with Crippen molar-refractivity contribution in [1.82, 2.24) is 19.9 Å². The first-order valence-electron chi connectivity index (χ1n) is 11.1. The van der Waals surface area contributed by atoms with E-state index in [1.165, 1.54) is 0 Å². The van der Waals surface area contributed by atoms with Crippen LogP contribution in [0.5, 0.6) is 0 Å². The fraction of sp³-hybridized carbons (Fsp3) is 0.455. The molecule has 2 aromatic heterocycles. The summed E-state index contributed by atoms with van der Waals surface area (Å²) in [5.41, 5.74) is 1.02. The molecule has 2 aliphatic rings. The van der Waals surface area contributed by atoms with E-state index in [0.29, 0.717) is 18.4 Å². The van der Waals surface area contributed by atoms with Crippen LogP contribution in [0.3, 0.4) is 0 Å². The van der Waals surface area contributed by atoms with Gasteiger partial charge in [0, 0.05) is 44.3 Å². The Bertz CT molecular complexity index is 1070. The lowest BCUT2D eigenvalue weighted by Gasteiger charge is -2.40. The van der Waals surface area contributed by atoms with Gasteiger partial charge in [0.1, 0.15) is 0 Å². The summed E-state index contributed by atoms with van der Waals surface area (Å²) in [5.74, 6) is -5.19. The molecule has 0 aliphatic carbocycles. The van der Waals surface area contributed by atoms with E-state index in [-0.39, 0.29) is 17.9 Å². The van der Waals surface area contributed by atoms with Crippen LogP contribution in [0.2, 0.25) is 0 Å². The number of alkyl halides is 6. The minimum atomic E-state index is -5.08. The van der Waals surface area contributed by atoms with Crippen molar-refractivity contribution < 1.29 is 55.7 Å². The Morgan fingerprint density at radius 2 is 1.64 bits per heavy atom. The highest BCUT2D eigenvalue weighted by atomic mass is 19.4. The van der Waals surface area contributed by atoms with Crippen molar-refractivity contribution in [3.63, 3.8) is 0 Å². The molecule has 0 radical (unpaired) electrons. The van der Waals surface area contributed by atoms with Crippen LogP contribution < -0.4 is 5.32 Å². The third kappa shape index (κ3) is 10.4. The molecule has 0 unspecified atom stereocenters. The lowest BCUT2D eigenvalue weighted by atomic mass is 9.89. The fourth-order valence-corrected chi connectivity index (χ4v) is 3.72. The summed E-state index contributed by atoms with van der Waals surface area (Å²) >= 11 is 0. The molecule has 4 heterocycles. The summed E-state index contributed by atoms with van der Waals surface area (Å²) in [4.78, 5) is 45.3. The number of carbonyl (C=O) groups is 3. The number of piperidine rings is 1. The van der Waals surface area contributed by atoms with Gasteiger partial charge in [-0.3, -0.25) is 19.7 Å². The molecular weight excluding hydrogens is 544 g/mol. The average Bonchev–Trinajstić information content (AvgIpc) is 3.34. The molecule has 0 spiro atoms. The van der Waals surface area contributed by atoms with E-state index >= 15 is 0 Å². The van der Waals surface area contributed by atoms with Crippen molar-refractivity contribution in [2.75, 3.05) is 18.5 Å².